The molecule has 0 amide bonds. The number of unbranched alkanes of at least 4 members (excludes halogenated alkanes) is 1. The molecule has 2 rings (SSSR count). The Morgan fingerprint density at radius 1 is 0.955 bits per heavy atom. The molecule has 0 aromatic heterocycles. The van der Waals surface area contributed by atoms with E-state index in [4.69, 9.17) is 9.47 Å². The average molecular weight is 296 g/mol. The van der Waals surface area contributed by atoms with Crippen LogP contribution in [0.3, 0.4) is 0 Å². The summed E-state index contributed by atoms with van der Waals surface area (Å²) < 4.78 is 11.1. The Bertz CT molecular complexity index is 555. The van der Waals surface area contributed by atoms with Crippen molar-refractivity contribution >= 4 is 0 Å². The second-order valence-electron chi connectivity index (χ2n) is 5.23. The first kappa shape index (κ1) is 16.3. The zero-order valence-electron chi connectivity index (χ0n) is 13.3. The highest BCUT2D eigenvalue weighted by Gasteiger charge is 2.00. The molecule has 0 bridgehead atoms. The van der Waals surface area contributed by atoms with Gasteiger partial charge in [-0.3, -0.25) is 0 Å². The summed E-state index contributed by atoms with van der Waals surface area (Å²) in [6.45, 7) is 7.80. The second-order valence-corrected chi connectivity index (χ2v) is 5.23. The minimum atomic E-state index is 0.585. The van der Waals surface area contributed by atoms with E-state index < -0.39 is 0 Å². The van der Waals surface area contributed by atoms with Crippen molar-refractivity contribution in [2.75, 3.05) is 13.2 Å². The Kier molecular flexibility index (Phi) is 6.72. The highest BCUT2D eigenvalue weighted by Crippen LogP contribution is 2.23. The van der Waals surface area contributed by atoms with Gasteiger partial charge in [0, 0.05) is 0 Å². The molecule has 0 atom stereocenters. The van der Waals surface area contributed by atoms with Crippen LogP contribution in [0, 0.1) is 0 Å². The molecule has 0 saturated heterocycles. The Balaban J connectivity index is 1.94. The van der Waals surface area contributed by atoms with E-state index in [1.165, 1.54) is 16.7 Å². The van der Waals surface area contributed by atoms with E-state index in [9.17, 15) is 0 Å². The number of hydrogen-bond acceptors (Lipinski definition) is 2. The molecule has 2 aromatic carbocycles. The monoisotopic (exact) mass is 296 g/mol. The van der Waals surface area contributed by atoms with Crippen LogP contribution >= 0.6 is 0 Å². The maximum Gasteiger partial charge on any atom is 0.119 e. The van der Waals surface area contributed by atoms with E-state index in [-0.39, 0.29) is 0 Å². The molecule has 0 aliphatic rings. The molecule has 116 valence electrons. The summed E-state index contributed by atoms with van der Waals surface area (Å²) >= 11 is 0. The average Bonchev–Trinajstić information content (AvgIpc) is 2.57. The van der Waals surface area contributed by atoms with Crippen molar-refractivity contribution in [2.45, 2.75) is 26.4 Å². The van der Waals surface area contributed by atoms with Crippen LogP contribution in [-0.4, -0.2) is 13.2 Å². The van der Waals surface area contributed by atoms with Gasteiger partial charge < -0.3 is 9.47 Å². The summed E-state index contributed by atoms with van der Waals surface area (Å²) in [6.07, 6.45) is 4.01. The lowest BCUT2D eigenvalue weighted by Gasteiger charge is -2.08. The molecule has 0 heterocycles. The summed E-state index contributed by atoms with van der Waals surface area (Å²) in [5.74, 6) is 0.937. The summed E-state index contributed by atoms with van der Waals surface area (Å²) in [7, 11) is 0. The summed E-state index contributed by atoms with van der Waals surface area (Å²) in [5.41, 5.74) is 3.57. The van der Waals surface area contributed by atoms with E-state index in [1.54, 1.807) is 6.08 Å². The molecule has 0 N–H and O–H groups in total. The van der Waals surface area contributed by atoms with Crippen LogP contribution < -0.4 is 4.74 Å². The summed E-state index contributed by atoms with van der Waals surface area (Å²) in [6, 6.07) is 16.7. The van der Waals surface area contributed by atoms with Gasteiger partial charge in [0.1, 0.15) is 5.75 Å². The SMILES string of the molecule is C=CCOCc1ccc(-c2ccc(OCCCC)cc2)cc1. The van der Waals surface area contributed by atoms with Gasteiger partial charge in [0.05, 0.1) is 19.8 Å². The fourth-order valence-corrected chi connectivity index (χ4v) is 2.13. The minimum absolute atomic E-state index is 0.585. The molecule has 0 saturated carbocycles. The normalized spacial score (nSPS) is 10.4. The lowest BCUT2D eigenvalue weighted by molar-refractivity contribution is 0.149. The van der Waals surface area contributed by atoms with Gasteiger partial charge in [-0.2, -0.15) is 0 Å². The number of ether oxygens (including phenoxy) is 2. The quantitative estimate of drug-likeness (QED) is 0.465. The van der Waals surface area contributed by atoms with Crippen molar-refractivity contribution in [2.24, 2.45) is 0 Å². The molecule has 2 aromatic rings. The van der Waals surface area contributed by atoms with Crippen molar-refractivity contribution in [3.05, 3.63) is 66.7 Å². The number of hydrogen-bond donors (Lipinski definition) is 0. The minimum Gasteiger partial charge on any atom is -0.494 e. The second kappa shape index (κ2) is 9.06. The van der Waals surface area contributed by atoms with Gasteiger partial charge in [-0.05, 0) is 35.2 Å². The van der Waals surface area contributed by atoms with E-state index in [2.05, 4.69) is 49.9 Å². The topological polar surface area (TPSA) is 18.5 Å². The van der Waals surface area contributed by atoms with Crippen LogP contribution in [0.2, 0.25) is 0 Å². The highest BCUT2D eigenvalue weighted by atomic mass is 16.5. The third-order valence-corrected chi connectivity index (χ3v) is 3.41. The predicted octanol–water partition coefficient (Wildman–Crippen LogP) is 5.24. The van der Waals surface area contributed by atoms with Crippen LogP contribution in [0.1, 0.15) is 25.3 Å². The van der Waals surface area contributed by atoms with E-state index in [0.717, 1.165) is 25.2 Å². The molecule has 2 heteroatoms. The van der Waals surface area contributed by atoms with Crippen molar-refractivity contribution in [3.63, 3.8) is 0 Å². The van der Waals surface area contributed by atoms with Gasteiger partial charge in [-0.15, -0.1) is 6.58 Å². The Hall–Kier alpha value is -2.06. The van der Waals surface area contributed by atoms with E-state index in [0.29, 0.717) is 13.2 Å². The Morgan fingerprint density at radius 2 is 1.59 bits per heavy atom. The lowest BCUT2D eigenvalue weighted by atomic mass is 10.0. The van der Waals surface area contributed by atoms with Gasteiger partial charge in [-0.1, -0.05) is 55.8 Å². The Labute approximate surface area is 133 Å². The first-order chi connectivity index (χ1) is 10.8. The van der Waals surface area contributed by atoms with Gasteiger partial charge in [-0.25, -0.2) is 0 Å². The summed E-state index contributed by atoms with van der Waals surface area (Å²) in [5, 5.41) is 0. The number of rotatable bonds is 9. The smallest absolute Gasteiger partial charge is 0.119 e. The Morgan fingerprint density at radius 3 is 2.18 bits per heavy atom. The van der Waals surface area contributed by atoms with Gasteiger partial charge in [0.25, 0.3) is 0 Å². The molecule has 0 unspecified atom stereocenters. The summed E-state index contributed by atoms with van der Waals surface area (Å²) in [4.78, 5) is 0. The van der Waals surface area contributed by atoms with Crippen molar-refractivity contribution < 1.29 is 9.47 Å². The largest absolute Gasteiger partial charge is 0.494 e. The fourth-order valence-electron chi connectivity index (χ4n) is 2.13. The molecular formula is C20H24O2. The highest BCUT2D eigenvalue weighted by molar-refractivity contribution is 5.64. The van der Waals surface area contributed by atoms with Crippen LogP contribution in [0.4, 0.5) is 0 Å². The first-order valence-corrected chi connectivity index (χ1v) is 7.84. The molecule has 0 spiro atoms. The van der Waals surface area contributed by atoms with Crippen LogP contribution in [-0.2, 0) is 11.3 Å². The predicted molar refractivity (Wildman–Crippen MR) is 92.1 cm³/mol. The van der Waals surface area contributed by atoms with Crippen molar-refractivity contribution in [3.8, 4) is 16.9 Å². The lowest BCUT2D eigenvalue weighted by Crippen LogP contribution is -1.96. The van der Waals surface area contributed by atoms with Gasteiger partial charge >= 0.3 is 0 Å². The van der Waals surface area contributed by atoms with Gasteiger partial charge in [0.15, 0.2) is 0 Å². The maximum absolute atomic E-state index is 5.69. The zero-order chi connectivity index (χ0) is 15.6. The van der Waals surface area contributed by atoms with E-state index in [1.807, 2.05) is 12.1 Å². The van der Waals surface area contributed by atoms with Crippen LogP contribution in [0.15, 0.2) is 61.2 Å². The third kappa shape index (κ3) is 5.05. The van der Waals surface area contributed by atoms with Gasteiger partial charge in [0.2, 0.25) is 0 Å². The fraction of sp³-hybridized carbons (Fsp3) is 0.300. The van der Waals surface area contributed by atoms with Crippen molar-refractivity contribution in [1.82, 2.24) is 0 Å². The number of benzene rings is 2. The van der Waals surface area contributed by atoms with Crippen LogP contribution in [0.25, 0.3) is 11.1 Å². The molecule has 22 heavy (non-hydrogen) atoms. The van der Waals surface area contributed by atoms with E-state index >= 15 is 0 Å². The third-order valence-electron chi connectivity index (χ3n) is 3.41. The maximum atomic E-state index is 5.69. The van der Waals surface area contributed by atoms with Crippen molar-refractivity contribution in [1.29, 1.82) is 0 Å². The molecule has 0 radical (unpaired) electrons. The zero-order valence-corrected chi connectivity index (χ0v) is 13.3. The molecule has 0 aliphatic carbocycles. The molecule has 0 aliphatic heterocycles. The molecular weight excluding hydrogens is 272 g/mol. The standard InChI is InChI=1S/C20H24O2/c1-3-5-15-22-20-12-10-19(11-13-20)18-8-6-17(7-9-18)16-21-14-4-2/h4,6-13H,2-3,5,14-16H2,1H3. The molecule has 2 nitrogen and oxygen atoms in total. The molecule has 0 fully saturated rings. The van der Waals surface area contributed by atoms with Crippen LogP contribution in [0.5, 0.6) is 5.75 Å². The first-order valence-electron chi connectivity index (χ1n) is 7.84.